The summed E-state index contributed by atoms with van der Waals surface area (Å²) in [6.07, 6.45) is 0.983. The van der Waals surface area contributed by atoms with Gasteiger partial charge in [0.05, 0.1) is 8.95 Å². The first-order valence-electron chi connectivity index (χ1n) is 4.26. The third-order valence-electron chi connectivity index (χ3n) is 2.28. The van der Waals surface area contributed by atoms with Crippen molar-refractivity contribution in [3.8, 4) is 5.75 Å². The molecule has 0 aromatic heterocycles. The van der Waals surface area contributed by atoms with E-state index in [-0.39, 0.29) is 10.1 Å². The second-order valence-corrected chi connectivity index (χ2v) is 6.80. The van der Waals surface area contributed by atoms with E-state index in [1.807, 2.05) is 12.1 Å². The van der Waals surface area contributed by atoms with Crippen LogP contribution in [0.4, 0.5) is 0 Å². The first kappa shape index (κ1) is 12.5. The average Bonchev–Trinajstić information content (AvgIpc) is 2.13. The van der Waals surface area contributed by atoms with Gasteiger partial charge in [0.15, 0.2) is 0 Å². The van der Waals surface area contributed by atoms with E-state index in [1.165, 1.54) is 0 Å². The Bertz CT molecular complexity index is 324. The number of phenols is 1. The van der Waals surface area contributed by atoms with Crippen LogP contribution in [0.3, 0.4) is 0 Å². The van der Waals surface area contributed by atoms with Gasteiger partial charge in [0.1, 0.15) is 5.75 Å². The Kier molecular flexibility index (Phi) is 4.06. The molecule has 78 valence electrons. The molecule has 0 aliphatic carbocycles. The molecule has 0 amide bonds. The fourth-order valence-corrected chi connectivity index (χ4v) is 2.49. The van der Waals surface area contributed by atoms with Crippen molar-refractivity contribution in [2.24, 2.45) is 0 Å². The van der Waals surface area contributed by atoms with Crippen molar-refractivity contribution >= 4 is 47.8 Å². The second kappa shape index (κ2) is 4.54. The predicted molar refractivity (Wildman–Crippen MR) is 70.1 cm³/mol. The van der Waals surface area contributed by atoms with Gasteiger partial charge in [0, 0.05) is 4.32 Å². The molecule has 1 aromatic rings. The van der Waals surface area contributed by atoms with Crippen LogP contribution >= 0.6 is 47.8 Å². The molecule has 1 atom stereocenters. The van der Waals surface area contributed by atoms with Gasteiger partial charge in [0.25, 0.3) is 0 Å². The summed E-state index contributed by atoms with van der Waals surface area (Å²) < 4.78 is 1.37. The number of halogens is 3. The number of phenolic OH excluding ortho intramolecular Hbond substituents is 1. The molecule has 1 nitrogen and oxygen atoms in total. The third kappa shape index (κ3) is 2.52. The molecule has 0 fully saturated rings. The zero-order chi connectivity index (χ0) is 10.9. The molecule has 0 radical (unpaired) electrons. The summed E-state index contributed by atoms with van der Waals surface area (Å²) in [5.41, 5.74) is 1.14. The van der Waals surface area contributed by atoms with E-state index in [1.54, 1.807) is 0 Å². The number of rotatable bonds is 2. The summed E-state index contributed by atoms with van der Waals surface area (Å²) in [5.74, 6) is 0.244. The summed E-state index contributed by atoms with van der Waals surface area (Å²) in [4.78, 5) is 0. The van der Waals surface area contributed by atoms with Crippen LogP contribution < -0.4 is 0 Å². The summed E-state index contributed by atoms with van der Waals surface area (Å²) in [7, 11) is 0. The largest absolute Gasteiger partial charge is 0.506 e. The van der Waals surface area contributed by atoms with Crippen molar-refractivity contribution in [1.29, 1.82) is 0 Å². The van der Waals surface area contributed by atoms with Crippen LogP contribution in [0.2, 0.25) is 0 Å². The van der Waals surface area contributed by atoms with Gasteiger partial charge >= 0.3 is 0 Å². The van der Waals surface area contributed by atoms with Gasteiger partial charge in [-0.15, -0.1) is 0 Å². The smallest absolute Gasteiger partial charge is 0.143 e. The highest BCUT2D eigenvalue weighted by Crippen LogP contribution is 2.41. The molecule has 0 saturated heterocycles. The first-order chi connectivity index (χ1) is 6.38. The highest BCUT2D eigenvalue weighted by Gasteiger charge is 2.22. The Morgan fingerprint density at radius 3 is 2.07 bits per heavy atom. The lowest BCUT2D eigenvalue weighted by atomic mass is 9.98. The average molecular weight is 387 g/mol. The third-order valence-corrected chi connectivity index (χ3v) is 4.51. The zero-order valence-electron chi connectivity index (χ0n) is 7.94. The highest BCUT2D eigenvalue weighted by molar-refractivity contribution is 9.11. The van der Waals surface area contributed by atoms with Gasteiger partial charge in [-0.1, -0.05) is 22.9 Å². The molecule has 0 aliphatic rings. The van der Waals surface area contributed by atoms with Crippen LogP contribution in [0.1, 0.15) is 25.8 Å². The van der Waals surface area contributed by atoms with Crippen LogP contribution in [0.25, 0.3) is 0 Å². The topological polar surface area (TPSA) is 20.2 Å². The van der Waals surface area contributed by atoms with Crippen LogP contribution in [-0.2, 0) is 4.32 Å². The molecule has 1 N–H and O–H groups in total. The van der Waals surface area contributed by atoms with Gasteiger partial charge in [-0.3, -0.25) is 0 Å². The first-order valence-corrected chi connectivity index (χ1v) is 6.63. The van der Waals surface area contributed by atoms with E-state index >= 15 is 0 Å². The minimum absolute atomic E-state index is 0.0499. The van der Waals surface area contributed by atoms with E-state index in [0.29, 0.717) is 8.95 Å². The van der Waals surface area contributed by atoms with Gasteiger partial charge in [0.2, 0.25) is 0 Å². The Morgan fingerprint density at radius 1 is 1.29 bits per heavy atom. The molecule has 4 heteroatoms. The Hall–Kier alpha value is 0.460. The van der Waals surface area contributed by atoms with Gasteiger partial charge in [-0.05, 0) is 62.9 Å². The number of alkyl halides is 1. The van der Waals surface area contributed by atoms with Gasteiger partial charge in [-0.2, -0.15) is 0 Å². The lowest BCUT2D eigenvalue weighted by Crippen LogP contribution is -2.11. The fraction of sp³-hybridized carbons (Fsp3) is 0.400. The van der Waals surface area contributed by atoms with Crippen molar-refractivity contribution < 1.29 is 5.11 Å². The normalized spacial score (nSPS) is 15.2. The molecule has 0 aliphatic heterocycles. The minimum atomic E-state index is -0.0499. The standard InChI is InChI=1S/C10H11Br3O/c1-3-10(2,13)6-4-7(11)9(14)8(12)5-6/h4-5,14H,3H2,1-2H3. The molecule has 1 aromatic carbocycles. The lowest BCUT2D eigenvalue weighted by Gasteiger charge is -2.22. The molecule has 0 bridgehead atoms. The van der Waals surface area contributed by atoms with Crippen LogP contribution in [0.5, 0.6) is 5.75 Å². The van der Waals surface area contributed by atoms with Crippen molar-refractivity contribution in [2.75, 3.05) is 0 Å². The van der Waals surface area contributed by atoms with E-state index in [0.717, 1.165) is 12.0 Å². The summed E-state index contributed by atoms with van der Waals surface area (Å²) in [6, 6.07) is 3.86. The molecule has 0 saturated carbocycles. The Labute approximate surface area is 109 Å². The number of hydrogen-bond donors (Lipinski definition) is 1. The number of hydrogen-bond acceptors (Lipinski definition) is 1. The maximum absolute atomic E-state index is 9.56. The monoisotopic (exact) mass is 384 g/mol. The summed E-state index contributed by atoms with van der Waals surface area (Å²) >= 11 is 10.3. The molecular formula is C10H11Br3O. The summed E-state index contributed by atoms with van der Waals surface area (Å²) in [6.45, 7) is 4.22. The van der Waals surface area contributed by atoms with E-state index < -0.39 is 0 Å². The maximum atomic E-state index is 9.56. The Balaban J connectivity index is 3.26. The van der Waals surface area contributed by atoms with Crippen molar-refractivity contribution in [3.63, 3.8) is 0 Å². The molecule has 1 unspecified atom stereocenters. The second-order valence-electron chi connectivity index (χ2n) is 3.34. The van der Waals surface area contributed by atoms with E-state index in [4.69, 9.17) is 0 Å². The van der Waals surface area contributed by atoms with Crippen molar-refractivity contribution in [3.05, 3.63) is 26.6 Å². The zero-order valence-corrected chi connectivity index (χ0v) is 12.7. The summed E-state index contributed by atoms with van der Waals surface area (Å²) in [5, 5.41) is 9.56. The molecule has 1 rings (SSSR count). The molecule has 14 heavy (non-hydrogen) atoms. The van der Waals surface area contributed by atoms with Crippen molar-refractivity contribution in [1.82, 2.24) is 0 Å². The highest BCUT2D eigenvalue weighted by atomic mass is 79.9. The molecular weight excluding hydrogens is 376 g/mol. The van der Waals surface area contributed by atoms with Gasteiger partial charge < -0.3 is 5.11 Å². The SMILES string of the molecule is CCC(C)(Br)c1cc(Br)c(O)c(Br)c1. The molecule has 0 spiro atoms. The fourth-order valence-electron chi connectivity index (χ4n) is 1.07. The van der Waals surface area contributed by atoms with Gasteiger partial charge in [-0.25, -0.2) is 0 Å². The lowest BCUT2D eigenvalue weighted by molar-refractivity contribution is 0.467. The maximum Gasteiger partial charge on any atom is 0.143 e. The number of benzene rings is 1. The predicted octanol–water partition coefficient (Wildman–Crippen LogP) is 4.94. The van der Waals surface area contributed by atoms with Crippen LogP contribution in [-0.4, -0.2) is 5.11 Å². The van der Waals surface area contributed by atoms with E-state index in [2.05, 4.69) is 61.6 Å². The Morgan fingerprint density at radius 2 is 1.71 bits per heavy atom. The van der Waals surface area contributed by atoms with E-state index in [9.17, 15) is 5.11 Å². The van der Waals surface area contributed by atoms with Crippen molar-refractivity contribution in [2.45, 2.75) is 24.6 Å². The van der Waals surface area contributed by atoms with Crippen LogP contribution in [0.15, 0.2) is 21.1 Å². The molecule has 0 heterocycles. The van der Waals surface area contributed by atoms with Crippen LogP contribution in [0, 0.1) is 0 Å². The quantitative estimate of drug-likeness (QED) is 0.714. The minimum Gasteiger partial charge on any atom is -0.506 e. The number of aromatic hydroxyl groups is 1.